The second-order valence-electron chi connectivity index (χ2n) is 5.51. The molecule has 1 aliphatic rings. The molecule has 0 aromatic heterocycles. The number of benzene rings is 2. The lowest BCUT2D eigenvalue weighted by atomic mass is 10.0. The van der Waals surface area contributed by atoms with E-state index in [2.05, 4.69) is 37.2 Å². The van der Waals surface area contributed by atoms with Crippen molar-refractivity contribution >= 4 is 55.1 Å². The maximum Gasteiger partial charge on any atom is 0.256 e. The topological polar surface area (TPSA) is 38.3 Å². The molecule has 0 fully saturated rings. The van der Waals surface area contributed by atoms with Gasteiger partial charge in [0.1, 0.15) is 5.75 Å². The Bertz CT molecular complexity index is 833. The zero-order chi connectivity index (χ0) is 16.7. The van der Waals surface area contributed by atoms with Crippen molar-refractivity contribution in [2.24, 2.45) is 0 Å². The van der Waals surface area contributed by atoms with Crippen molar-refractivity contribution in [2.75, 3.05) is 12.4 Å². The summed E-state index contributed by atoms with van der Waals surface area (Å²) in [6, 6.07) is 7.92. The minimum Gasteiger partial charge on any atom is -0.496 e. The van der Waals surface area contributed by atoms with Crippen LogP contribution in [0.5, 0.6) is 5.75 Å². The summed E-state index contributed by atoms with van der Waals surface area (Å²) < 4.78 is 7.18. The molecule has 0 atom stereocenters. The minimum atomic E-state index is -0.0927. The van der Waals surface area contributed by atoms with Crippen molar-refractivity contribution in [3.63, 3.8) is 0 Å². The summed E-state index contributed by atoms with van der Waals surface area (Å²) in [6.45, 7) is 4.01. The second kappa shape index (κ2) is 6.13. The van der Waals surface area contributed by atoms with E-state index in [-0.39, 0.29) is 5.91 Å². The molecule has 0 saturated carbocycles. The molecular formula is C18H15Br2NO2. The first-order valence-corrected chi connectivity index (χ1v) is 8.67. The molecule has 3 rings (SSSR count). The molecular weight excluding hydrogens is 422 g/mol. The fraction of sp³-hybridized carbons (Fsp3) is 0.167. The monoisotopic (exact) mass is 435 g/mol. The van der Waals surface area contributed by atoms with E-state index in [9.17, 15) is 4.79 Å². The van der Waals surface area contributed by atoms with Crippen molar-refractivity contribution in [3.8, 4) is 5.75 Å². The van der Waals surface area contributed by atoms with Crippen LogP contribution in [0, 0.1) is 13.8 Å². The fourth-order valence-electron chi connectivity index (χ4n) is 2.92. The molecule has 0 spiro atoms. The van der Waals surface area contributed by atoms with E-state index in [0.717, 1.165) is 42.6 Å². The highest BCUT2D eigenvalue weighted by atomic mass is 79.9. The van der Waals surface area contributed by atoms with Crippen molar-refractivity contribution in [3.05, 3.63) is 55.5 Å². The first-order valence-electron chi connectivity index (χ1n) is 7.08. The lowest BCUT2D eigenvalue weighted by Gasteiger charge is -2.10. The Morgan fingerprint density at radius 1 is 1.09 bits per heavy atom. The molecule has 1 N–H and O–H groups in total. The molecule has 0 aliphatic carbocycles. The van der Waals surface area contributed by atoms with Gasteiger partial charge in [-0.05, 0) is 76.8 Å². The number of nitrogens with one attached hydrogen (secondary N) is 1. The summed E-state index contributed by atoms with van der Waals surface area (Å²) in [5.41, 5.74) is 5.44. The molecule has 0 unspecified atom stereocenters. The van der Waals surface area contributed by atoms with Gasteiger partial charge in [0, 0.05) is 20.1 Å². The van der Waals surface area contributed by atoms with Crippen LogP contribution in [0.2, 0.25) is 0 Å². The zero-order valence-corrected chi connectivity index (χ0v) is 16.1. The summed E-state index contributed by atoms with van der Waals surface area (Å²) in [4.78, 5) is 12.4. The number of carbonyl (C=O) groups is 1. The standard InChI is InChI=1S/C18H15Br2NO2/c1-9-4-11(5-10(2)17(9)23-3)6-14-13-7-12(19)8-15(20)16(13)21-18(14)22/h4-8H,1-3H3,(H,21,22). The van der Waals surface area contributed by atoms with Gasteiger partial charge >= 0.3 is 0 Å². The number of ether oxygens (including phenoxy) is 1. The van der Waals surface area contributed by atoms with E-state index in [1.807, 2.05) is 44.2 Å². The van der Waals surface area contributed by atoms with Crippen LogP contribution in [-0.4, -0.2) is 13.0 Å². The van der Waals surface area contributed by atoms with Gasteiger partial charge in [0.05, 0.1) is 12.8 Å². The maximum atomic E-state index is 12.4. The van der Waals surface area contributed by atoms with Gasteiger partial charge in [-0.25, -0.2) is 0 Å². The molecule has 0 radical (unpaired) electrons. The van der Waals surface area contributed by atoms with Crippen LogP contribution in [0.1, 0.15) is 22.3 Å². The number of methoxy groups -OCH3 is 1. The van der Waals surface area contributed by atoms with Crippen molar-refractivity contribution in [2.45, 2.75) is 13.8 Å². The number of amides is 1. The second-order valence-corrected chi connectivity index (χ2v) is 7.28. The van der Waals surface area contributed by atoms with E-state index in [0.29, 0.717) is 5.57 Å². The molecule has 118 valence electrons. The Kier molecular flexibility index (Phi) is 4.34. The van der Waals surface area contributed by atoms with Gasteiger partial charge < -0.3 is 10.1 Å². The minimum absolute atomic E-state index is 0.0927. The molecule has 3 nitrogen and oxygen atoms in total. The molecule has 23 heavy (non-hydrogen) atoms. The number of hydrogen-bond acceptors (Lipinski definition) is 2. The molecule has 1 heterocycles. The van der Waals surface area contributed by atoms with Gasteiger partial charge in [0.15, 0.2) is 0 Å². The molecule has 0 saturated heterocycles. The highest BCUT2D eigenvalue weighted by Gasteiger charge is 2.26. The highest BCUT2D eigenvalue weighted by molar-refractivity contribution is 9.11. The number of fused-ring (bicyclic) bond motifs is 1. The van der Waals surface area contributed by atoms with Crippen LogP contribution in [0.3, 0.4) is 0 Å². The summed E-state index contributed by atoms with van der Waals surface area (Å²) in [5.74, 6) is 0.791. The highest BCUT2D eigenvalue weighted by Crippen LogP contribution is 2.40. The molecule has 1 amide bonds. The summed E-state index contributed by atoms with van der Waals surface area (Å²) in [5, 5.41) is 2.92. The normalized spacial score (nSPS) is 14.8. The maximum absolute atomic E-state index is 12.4. The van der Waals surface area contributed by atoms with Gasteiger partial charge in [-0.3, -0.25) is 4.79 Å². The number of halogens is 2. The van der Waals surface area contributed by atoms with Crippen LogP contribution in [0.4, 0.5) is 5.69 Å². The van der Waals surface area contributed by atoms with Crippen molar-refractivity contribution in [1.82, 2.24) is 0 Å². The van der Waals surface area contributed by atoms with Crippen LogP contribution < -0.4 is 10.1 Å². The summed E-state index contributed by atoms with van der Waals surface area (Å²) in [7, 11) is 1.67. The summed E-state index contributed by atoms with van der Waals surface area (Å²) >= 11 is 6.97. The van der Waals surface area contributed by atoms with E-state index >= 15 is 0 Å². The van der Waals surface area contributed by atoms with Gasteiger partial charge in [-0.1, -0.05) is 15.9 Å². The van der Waals surface area contributed by atoms with Crippen LogP contribution >= 0.6 is 31.9 Å². The first kappa shape index (κ1) is 16.3. The average molecular weight is 437 g/mol. The predicted octanol–water partition coefficient (Wildman–Crippen LogP) is 5.33. The largest absolute Gasteiger partial charge is 0.496 e. The number of hydrogen-bond donors (Lipinski definition) is 1. The van der Waals surface area contributed by atoms with E-state index in [1.54, 1.807) is 7.11 Å². The van der Waals surface area contributed by atoms with Gasteiger partial charge in [-0.15, -0.1) is 0 Å². The van der Waals surface area contributed by atoms with Crippen LogP contribution in [0.25, 0.3) is 11.6 Å². The number of anilines is 1. The molecule has 5 heteroatoms. The number of rotatable bonds is 2. The lowest BCUT2D eigenvalue weighted by molar-refractivity contribution is -0.110. The Morgan fingerprint density at radius 2 is 1.74 bits per heavy atom. The van der Waals surface area contributed by atoms with Gasteiger partial charge in [0.25, 0.3) is 5.91 Å². The third kappa shape index (κ3) is 2.95. The summed E-state index contributed by atoms with van der Waals surface area (Å²) in [6.07, 6.45) is 1.92. The third-order valence-electron chi connectivity index (χ3n) is 3.83. The molecule has 0 bridgehead atoms. The van der Waals surface area contributed by atoms with Gasteiger partial charge in [-0.2, -0.15) is 0 Å². The Morgan fingerprint density at radius 3 is 2.35 bits per heavy atom. The SMILES string of the molecule is COc1c(C)cc(C=C2C(=O)Nc3c(Br)cc(Br)cc32)cc1C. The van der Waals surface area contributed by atoms with E-state index in [4.69, 9.17) is 4.74 Å². The Balaban J connectivity index is 2.14. The van der Waals surface area contributed by atoms with Gasteiger partial charge in [0.2, 0.25) is 0 Å². The lowest BCUT2D eigenvalue weighted by Crippen LogP contribution is -2.04. The number of carbonyl (C=O) groups excluding carboxylic acids is 1. The van der Waals surface area contributed by atoms with E-state index < -0.39 is 0 Å². The van der Waals surface area contributed by atoms with Crippen molar-refractivity contribution < 1.29 is 9.53 Å². The average Bonchev–Trinajstić information content (AvgIpc) is 2.76. The Hall–Kier alpha value is -1.59. The zero-order valence-electron chi connectivity index (χ0n) is 13.0. The van der Waals surface area contributed by atoms with Crippen molar-refractivity contribution in [1.29, 1.82) is 0 Å². The fourth-order valence-corrected chi connectivity index (χ4v) is 4.24. The quantitative estimate of drug-likeness (QED) is 0.646. The predicted molar refractivity (Wildman–Crippen MR) is 101 cm³/mol. The Labute approximate surface area is 152 Å². The smallest absolute Gasteiger partial charge is 0.256 e. The first-order chi connectivity index (χ1) is 10.9. The molecule has 2 aromatic rings. The number of aryl methyl sites for hydroxylation is 2. The third-order valence-corrected chi connectivity index (χ3v) is 4.91. The van der Waals surface area contributed by atoms with E-state index in [1.165, 1.54) is 0 Å². The molecule has 1 aliphatic heterocycles. The van der Waals surface area contributed by atoms with Crippen LogP contribution in [-0.2, 0) is 4.79 Å². The molecule has 2 aromatic carbocycles. The van der Waals surface area contributed by atoms with Crippen LogP contribution in [0.15, 0.2) is 33.2 Å².